The van der Waals surface area contributed by atoms with Crippen molar-refractivity contribution in [2.45, 2.75) is 6.04 Å². The van der Waals surface area contributed by atoms with Crippen LogP contribution in [0.2, 0.25) is 0 Å². The molecule has 0 aliphatic carbocycles. The third-order valence-corrected chi connectivity index (χ3v) is 5.90. The van der Waals surface area contributed by atoms with Crippen LogP contribution in [0.5, 0.6) is 11.5 Å². The SMILES string of the molecule is COc1cc(OC)cc(N2C(=O)C(=O)/C(=C(/O)c3ccc(F)cc3)C2c2ccc(N(C)C)cc2)c1. The summed E-state index contributed by atoms with van der Waals surface area (Å²) in [6, 6.07) is 16.4. The molecule has 1 atom stereocenters. The standard InChI is InChI=1S/C27H25FN2O5/c1-29(2)19-11-7-16(8-12-19)24-23(25(31)17-5-9-18(28)10-6-17)26(32)27(33)30(24)20-13-21(34-3)15-22(14-20)35-4/h5-15,24,31H,1-4H3/b25-23+. The van der Waals surface area contributed by atoms with E-state index in [1.54, 1.807) is 30.3 Å². The number of amides is 1. The van der Waals surface area contributed by atoms with Gasteiger partial charge in [0.15, 0.2) is 0 Å². The van der Waals surface area contributed by atoms with Gasteiger partial charge in [-0.05, 0) is 42.0 Å². The maximum atomic E-state index is 13.5. The summed E-state index contributed by atoms with van der Waals surface area (Å²) >= 11 is 0. The van der Waals surface area contributed by atoms with Crippen molar-refractivity contribution in [1.82, 2.24) is 0 Å². The second kappa shape index (κ2) is 9.50. The van der Waals surface area contributed by atoms with Gasteiger partial charge in [0.1, 0.15) is 23.1 Å². The molecular weight excluding hydrogens is 451 g/mol. The molecule has 1 aliphatic rings. The number of nitrogens with zero attached hydrogens (tertiary/aromatic N) is 2. The zero-order valence-electron chi connectivity index (χ0n) is 19.8. The van der Waals surface area contributed by atoms with Crippen LogP contribution in [0.3, 0.4) is 0 Å². The Labute approximate surface area is 202 Å². The van der Waals surface area contributed by atoms with Crippen LogP contribution in [0, 0.1) is 5.82 Å². The summed E-state index contributed by atoms with van der Waals surface area (Å²) < 4.78 is 24.2. The minimum Gasteiger partial charge on any atom is -0.507 e. The number of rotatable bonds is 6. The Morgan fingerprint density at radius 1 is 0.914 bits per heavy atom. The molecule has 1 aliphatic heterocycles. The molecule has 0 spiro atoms. The van der Waals surface area contributed by atoms with Crippen LogP contribution in [0.4, 0.5) is 15.8 Å². The first-order chi connectivity index (χ1) is 16.7. The highest BCUT2D eigenvalue weighted by atomic mass is 19.1. The van der Waals surface area contributed by atoms with Crippen LogP contribution in [-0.4, -0.2) is 45.1 Å². The Kier molecular flexibility index (Phi) is 6.46. The molecule has 4 rings (SSSR count). The van der Waals surface area contributed by atoms with E-state index in [-0.39, 0.29) is 16.9 Å². The number of carbonyl (C=O) groups is 2. The first-order valence-corrected chi connectivity index (χ1v) is 10.8. The Morgan fingerprint density at radius 2 is 1.49 bits per heavy atom. The molecule has 8 heteroatoms. The first-order valence-electron chi connectivity index (χ1n) is 10.8. The average Bonchev–Trinajstić information content (AvgIpc) is 3.14. The van der Waals surface area contributed by atoms with Gasteiger partial charge in [0.05, 0.1) is 31.5 Å². The molecule has 3 aromatic rings. The molecule has 180 valence electrons. The summed E-state index contributed by atoms with van der Waals surface area (Å²) in [7, 11) is 6.77. The van der Waals surface area contributed by atoms with Crippen molar-refractivity contribution in [3.05, 3.63) is 89.2 Å². The van der Waals surface area contributed by atoms with Gasteiger partial charge in [-0.2, -0.15) is 0 Å². The molecule has 0 radical (unpaired) electrons. The second-order valence-electron chi connectivity index (χ2n) is 8.23. The summed E-state index contributed by atoms with van der Waals surface area (Å²) in [5.41, 5.74) is 2.03. The molecule has 35 heavy (non-hydrogen) atoms. The average molecular weight is 477 g/mol. The van der Waals surface area contributed by atoms with Crippen LogP contribution in [0.15, 0.2) is 72.3 Å². The molecule has 1 heterocycles. The molecule has 1 saturated heterocycles. The highest BCUT2D eigenvalue weighted by molar-refractivity contribution is 6.51. The van der Waals surface area contributed by atoms with Gasteiger partial charge in [0, 0.05) is 43.5 Å². The van der Waals surface area contributed by atoms with Crippen molar-refractivity contribution < 1.29 is 28.6 Å². The van der Waals surface area contributed by atoms with Gasteiger partial charge in [-0.1, -0.05) is 12.1 Å². The first kappa shape index (κ1) is 23.8. The number of carbonyl (C=O) groups excluding carboxylic acids is 2. The Morgan fingerprint density at radius 3 is 2.00 bits per heavy atom. The minimum atomic E-state index is -0.937. The maximum Gasteiger partial charge on any atom is 0.300 e. The van der Waals surface area contributed by atoms with Gasteiger partial charge in [-0.15, -0.1) is 0 Å². The molecule has 1 amide bonds. The predicted molar refractivity (Wildman–Crippen MR) is 131 cm³/mol. The smallest absolute Gasteiger partial charge is 0.300 e. The van der Waals surface area contributed by atoms with E-state index in [0.29, 0.717) is 22.7 Å². The lowest BCUT2D eigenvalue weighted by atomic mass is 9.95. The number of halogens is 1. The predicted octanol–water partition coefficient (Wildman–Crippen LogP) is 4.54. The number of methoxy groups -OCH3 is 2. The van der Waals surface area contributed by atoms with E-state index >= 15 is 0 Å². The molecule has 0 saturated carbocycles. The van der Waals surface area contributed by atoms with Crippen molar-refractivity contribution in [2.24, 2.45) is 0 Å². The minimum absolute atomic E-state index is 0.0963. The largest absolute Gasteiger partial charge is 0.507 e. The molecule has 1 N–H and O–H groups in total. The molecule has 3 aromatic carbocycles. The van der Waals surface area contributed by atoms with Gasteiger partial charge in [-0.25, -0.2) is 4.39 Å². The van der Waals surface area contributed by atoms with Gasteiger partial charge in [-0.3, -0.25) is 14.5 Å². The number of anilines is 2. The quantitative estimate of drug-likeness (QED) is 0.320. The summed E-state index contributed by atoms with van der Waals surface area (Å²) in [4.78, 5) is 29.9. The van der Waals surface area contributed by atoms with E-state index in [1.807, 2.05) is 31.1 Å². The zero-order valence-corrected chi connectivity index (χ0v) is 19.8. The van der Waals surface area contributed by atoms with Gasteiger partial charge in [0.25, 0.3) is 11.7 Å². The third-order valence-electron chi connectivity index (χ3n) is 5.90. The van der Waals surface area contributed by atoms with Crippen molar-refractivity contribution >= 4 is 28.8 Å². The second-order valence-corrected chi connectivity index (χ2v) is 8.23. The lowest BCUT2D eigenvalue weighted by Gasteiger charge is -2.26. The zero-order chi connectivity index (χ0) is 25.3. The summed E-state index contributed by atoms with van der Waals surface area (Å²) in [5.74, 6) is -1.67. The van der Waals surface area contributed by atoms with E-state index in [4.69, 9.17) is 9.47 Å². The summed E-state index contributed by atoms with van der Waals surface area (Å²) in [6.07, 6.45) is 0. The number of benzene rings is 3. The van der Waals surface area contributed by atoms with Crippen LogP contribution in [-0.2, 0) is 9.59 Å². The van der Waals surface area contributed by atoms with Crippen molar-refractivity contribution in [1.29, 1.82) is 0 Å². The lowest BCUT2D eigenvalue weighted by molar-refractivity contribution is -0.132. The highest BCUT2D eigenvalue weighted by Crippen LogP contribution is 2.44. The maximum absolute atomic E-state index is 13.5. The number of hydrogen-bond donors (Lipinski definition) is 1. The number of Topliss-reactive ketones (excluding diaryl/α,β-unsaturated/α-hetero) is 1. The monoisotopic (exact) mass is 476 g/mol. The van der Waals surface area contributed by atoms with Crippen LogP contribution >= 0.6 is 0 Å². The van der Waals surface area contributed by atoms with Crippen LogP contribution in [0.25, 0.3) is 5.76 Å². The summed E-state index contributed by atoms with van der Waals surface area (Å²) in [6.45, 7) is 0. The van der Waals surface area contributed by atoms with Gasteiger partial charge < -0.3 is 19.5 Å². The number of ketones is 1. The van der Waals surface area contributed by atoms with E-state index in [9.17, 15) is 19.1 Å². The summed E-state index contributed by atoms with van der Waals surface area (Å²) in [5, 5.41) is 11.1. The Balaban J connectivity index is 1.95. The lowest BCUT2D eigenvalue weighted by Crippen LogP contribution is -2.29. The van der Waals surface area contributed by atoms with E-state index < -0.39 is 23.5 Å². The fourth-order valence-corrected chi connectivity index (χ4v) is 4.06. The topological polar surface area (TPSA) is 79.3 Å². The van der Waals surface area contributed by atoms with Crippen LogP contribution < -0.4 is 19.3 Å². The molecule has 1 unspecified atom stereocenters. The molecule has 0 bridgehead atoms. The normalized spacial score (nSPS) is 16.9. The number of aliphatic hydroxyl groups excluding tert-OH is 1. The van der Waals surface area contributed by atoms with Gasteiger partial charge >= 0.3 is 0 Å². The van der Waals surface area contributed by atoms with E-state index in [2.05, 4.69) is 0 Å². The van der Waals surface area contributed by atoms with Crippen molar-refractivity contribution in [3.63, 3.8) is 0 Å². The third kappa shape index (κ3) is 4.42. The molecule has 0 aromatic heterocycles. The number of aliphatic hydroxyl groups is 1. The molecule has 1 fully saturated rings. The Bertz CT molecular complexity index is 1280. The Hall–Kier alpha value is -4.33. The fraction of sp³-hybridized carbons (Fsp3) is 0.185. The number of hydrogen-bond acceptors (Lipinski definition) is 6. The van der Waals surface area contributed by atoms with Gasteiger partial charge in [0.2, 0.25) is 0 Å². The van der Waals surface area contributed by atoms with Crippen LogP contribution in [0.1, 0.15) is 17.2 Å². The highest BCUT2D eigenvalue weighted by Gasteiger charge is 2.47. The van der Waals surface area contributed by atoms with E-state index in [0.717, 1.165) is 5.69 Å². The number of ether oxygens (including phenoxy) is 2. The molecular formula is C27H25FN2O5. The van der Waals surface area contributed by atoms with Crippen molar-refractivity contribution in [2.75, 3.05) is 38.1 Å². The van der Waals surface area contributed by atoms with Crippen molar-refractivity contribution in [3.8, 4) is 11.5 Å². The fourth-order valence-electron chi connectivity index (χ4n) is 4.06. The van der Waals surface area contributed by atoms with E-state index in [1.165, 1.54) is 43.4 Å². The molecule has 7 nitrogen and oxygen atoms in total.